The molecule has 0 bridgehead atoms. The molecule has 1 heterocycles. The largest absolute Gasteiger partial charge is 0.476 e. The van der Waals surface area contributed by atoms with Crippen molar-refractivity contribution in [2.75, 3.05) is 0 Å². The maximum Gasteiger partial charge on any atom is 0.362 e. The number of aromatic carboxylic acids is 1. The number of hydrogen-bond acceptors (Lipinski definition) is 4. The first-order valence-corrected chi connectivity index (χ1v) is 6.24. The highest BCUT2D eigenvalue weighted by Crippen LogP contribution is 2.10. The van der Waals surface area contributed by atoms with Crippen molar-refractivity contribution in [3.05, 3.63) is 51.2 Å². The number of hydrogen-bond donors (Lipinski definition) is 1. The van der Waals surface area contributed by atoms with Crippen molar-refractivity contribution >= 4 is 11.7 Å². The number of carboxylic acids is 1. The lowest BCUT2D eigenvalue weighted by atomic mass is 10.1. The van der Waals surface area contributed by atoms with Crippen LogP contribution in [-0.4, -0.2) is 25.4 Å². The van der Waals surface area contributed by atoms with Gasteiger partial charge in [-0.05, 0) is 25.3 Å². The topological polar surface area (TPSA) is 94.2 Å². The van der Waals surface area contributed by atoms with Crippen LogP contribution in [0.2, 0.25) is 0 Å². The lowest BCUT2D eigenvalue weighted by molar-refractivity contribution is 0.0684. The Morgan fingerprint density at radius 2 is 2.20 bits per heavy atom. The van der Waals surface area contributed by atoms with E-state index in [1.165, 1.54) is 0 Å². The molecule has 0 unspecified atom stereocenters. The van der Waals surface area contributed by atoms with Crippen LogP contribution >= 0.6 is 0 Å². The summed E-state index contributed by atoms with van der Waals surface area (Å²) in [6.07, 6.45) is 8.18. The molecule has 0 saturated heterocycles. The summed E-state index contributed by atoms with van der Waals surface area (Å²) < 4.78 is 1.87. The van der Waals surface area contributed by atoms with E-state index in [1.54, 1.807) is 25.2 Å². The number of carboxylic acid groups (broad SMARTS) is 1. The van der Waals surface area contributed by atoms with Crippen LogP contribution < -0.4 is 11.2 Å². The van der Waals surface area contributed by atoms with Crippen LogP contribution in [0.1, 0.15) is 30.3 Å². The minimum absolute atomic E-state index is 0.156. The van der Waals surface area contributed by atoms with Crippen LogP contribution in [0, 0.1) is 6.42 Å². The van der Waals surface area contributed by atoms with Gasteiger partial charge in [-0.15, -0.1) is 0 Å². The van der Waals surface area contributed by atoms with Gasteiger partial charge in [0, 0.05) is 6.54 Å². The van der Waals surface area contributed by atoms with Crippen LogP contribution in [0.25, 0.3) is 5.70 Å². The summed E-state index contributed by atoms with van der Waals surface area (Å²) in [6, 6.07) is 0. The Balaban J connectivity index is 2.72. The third kappa shape index (κ3) is 2.47. The van der Waals surface area contributed by atoms with Gasteiger partial charge in [0.05, 0.1) is 5.70 Å². The summed E-state index contributed by atoms with van der Waals surface area (Å²) in [7, 11) is 0. The molecular formula is C13H14N3O4. The van der Waals surface area contributed by atoms with E-state index < -0.39 is 22.9 Å². The molecule has 0 aliphatic heterocycles. The van der Waals surface area contributed by atoms with Crippen LogP contribution in [0.3, 0.4) is 0 Å². The van der Waals surface area contributed by atoms with Crippen molar-refractivity contribution in [3.8, 4) is 0 Å². The summed E-state index contributed by atoms with van der Waals surface area (Å²) in [4.78, 5) is 35.2. The second kappa shape index (κ2) is 5.68. The van der Waals surface area contributed by atoms with E-state index in [2.05, 4.69) is 5.10 Å². The van der Waals surface area contributed by atoms with E-state index in [-0.39, 0.29) is 6.54 Å². The van der Waals surface area contributed by atoms with Gasteiger partial charge in [0.15, 0.2) is 0 Å². The minimum atomic E-state index is -1.44. The molecule has 2 rings (SSSR count). The normalized spacial score (nSPS) is 14.2. The van der Waals surface area contributed by atoms with E-state index in [1.807, 2.05) is 6.42 Å². The fourth-order valence-electron chi connectivity index (χ4n) is 1.90. The third-order valence-electron chi connectivity index (χ3n) is 2.82. The van der Waals surface area contributed by atoms with Crippen LogP contribution in [-0.2, 0) is 6.54 Å². The van der Waals surface area contributed by atoms with E-state index in [0.29, 0.717) is 18.5 Å². The zero-order valence-electron chi connectivity index (χ0n) is 10.9. The molecular weight excluding hydrogens is 262 g/mol. The van der Waals surface area contributed by atoms with E-state index >= 15 is 0 Å². The third-order valence-corrected chi connectivity index (χ3v) is 2.82. The molecule has 0 spiro atoms. The minimum Gasteiger partial charge on any atom is -0.476 e. The molecule has 0 fully saturated rings. The first-order chi connectivity index (χ1) is 9.56. The highest BCUT2D eigenvalue weighted by Gasteiger charge is 2.19. The molecule has 0 amide bonds. The van der Waals surface area contributed by atoms with Crippen molar-refractivity contribution in [2.24, 2.45) is 0 Å². The van der Waals surface area contributed by atoms with Crippen molar-refractivity contribution in [2.45, 2.75) is 26.3 Å². The fourth-order valence-corrected chi connectivity index (χ4v) is 1.90. The molecule has 1 aliphatic rings. The molecule has 20 heavy (non-hydrogen) atoms. The average molecular weight is 276 g/mol. The Labute approximate surface area is 114 Å². The number of carbonyl (C=O) groups is 1. The van der Waals surface area contributed by atoms with Gasteiger partial charge in [-0.1, -0.05) is 19.1 Å². The molecule has 1 N–H and O–H groups in total. The smallest absolute Gasteiger partial charge is 0.362 e. The molecule has 0 atom stereocenters. The van der Waals surface area contributed by atoms with Gasteiger partial charge < -0.3 is 5.11 Å². The Kier molecular flexibility index (Phi) is 3.97. The van der Waals surface area contributed by atoms with E-state index in [4.69, 9.17) is 5.11 Å². The van der Waals surface area contributed by atoms with Gasteiger partial charge in [0.25, 0.3) is 5.56 Å². The summed E-state index contributed by atoms with van der Waals surface area (Å²) in [5.41, 5.74) is -1.68. The zero-order valence-corrected chi connectivity index (χ0v) is 10.9. The van der Waals surface area contributed by atoms with Crippen LogP contribution in [0.4, 0.5) is 0 Å². The van der Waals surface area contributed by atoms with Gasteiger partial charge in [0.1, 0.15) is 0 Å². The molecule has 1 radical (unpaired) electrons. The Hall–Kier alpha value is -2.44. The number of allylic oxidation sites excluding steroid dienone is 4. The molecule has 7 heteroatoms. The molecule has 105 valence electrons. The van der Waals surface area contributed by atoms with Gasteiger partial charge in [-0.25, -0.2) is 9.59 Å². The standard InChI is InChI=1S/C13H14N3O4/c1-2-8-15-11(17)10(12(18)19)14-16(13(15)20)9-6-4-3-5-7-9/h3-4,6-7H,2,5,8H2,1H3,(H,18,19). The lowest BCUT2D eigenvalue weighted by Crippen LogP contribution is -2.44. The quantitative estimate of drug-likeness (QED) is 0.865. The molecule has 7 nitrogen and oxygen atoms in total. The van der Waals surface area contributed by atoms with Gasteiger partial charge >= 0.3 is 11.7 Å². The summed E-state index contributed by atoms with van der Waals surface area (Å²) in [5.74, 6) is -1.44. The van der Waals surface area contributed by atoms with Crippen LogP contribution in [0.15, 0.2) is 27.8 Å². The predicted molar refractivity (Wildman–Crippen MR) is 72.3 cm³/mol. The SMILES string of the molecule is CCCn1c(=O)c(C(=O)O)nn(C2=CC[CH]C=C2)c1=O. The van der Waals surface area contributed by atoms with Gasteiger partial charge in [-0.3, -0.25) is 9.36 Å². The highest BCUT2D eigenvalue weighted by molar-refractivity contribution is 5.84. The number of aromatic nitrogens is 3. The maximum absolute atomic E-state index is 12.2. The number of rotatable bonds is 4. The van der Waals surface area contributed by atoms with Crippen LogP contribution in [0.5, 0.6) is 0 Å². The first kappa shape index (κ1) is 14.0. The summed E-state index contributed by atoms with van der Waals surface area (Å²) in [6.45, 7) is 1.95. The monoisotopic (exact) mass is 276 g/mol. The first-order valence-electron chi connectivity index (χ1n) is 6.24. The predicted octanol–water partition coefficient (Wildman–Crippen LogP) is 0.518. The Bertz CT molecular complexity index is 709. The van der Waals surface area contributed by atoms with Crippen molar-refractivity contribution < 1.29 is 9.90 Å². The van der Waals surface area contributed by atoms with E-state index in [0.717, 1.165) is 9.25 Å². The number of nitrogens with zero attached hydrogens (tertiary/aromatic N) is 3. The Morgan fingerprint density at radius 3 is 2.75 bits per heavy atom. The second-order valence-electron chi connectivity index (χ2n) is 4.26. The zero-order chi connectivity index (χ0) is 14.7. The molecule has 1 aromatic heterocycles. The Morgan fingerprint density at radius 1 is 1.45 bits per heavy atom. The molecule has 0 saturated carbocycles. The van der Waals surface area contributed by atoms with E-state index in [9.17, 15) is 14.4 Å². The molecule has 1 aliphatic carbocycles. The average Bonchev–Trinajstić information content (AvgIpc) is 2.44. The lowest BCUT2D eigenvalue weighted by Gasteiger charge is -2.12. The van der Waals surface area contributed by atoms with Crippen molar-refractivity contribution in [1.29, 1.82) is 0 Å². The maximum atomic E-state index is 12.2. The summed E-state index contributed by atoms with van der Waals surface area (Å²) in [5, 5.41) is 12.7. The summed E-state index contributed by atoms with van der Waals surface area (Å²) >= 11 is 0. The molecule has 1 aromatic rings. The van der Waals surface area contributed by atoms with Crippen molar-refractivity contribution in [3.63, 3.8) is 0 Å². The second-order valence-corrected chi connectivity index (χ2v) is 4.26. The van der Waals surface area contributed by atoms with Crippen molar-refractivity contribution in [1.82, 2.24) is 14.3 Å². The highest BCUT2D eigenvalue weighted by atomic mass is 16.4. The van der Waals surface area contributed by atoms with Gasteiger partial charge in [-0.2, -0.15) is 9.78 Å². The fraction of sp³-hybridized carbons (Fsp3) is 0.308. The van der Waals surface area contributed by atoms with Gasteiger partial charge in [0.2, 0.25) is 5.69 Å². The molecule has 0 aromatic carbocycles.